The SMILES string of the molecule is Cc1ccc2c(c1)N(C)C(=O)C(C)(C(=O)Nc1ccn(Cc3ccccc3)n1)O2. The first kappa shape index (κ1) is 18.7. The molecule has 0 bridgehead atoms. The smallest absolute Gasteiger partial charge is 0.280 e. The maximum atomic E-state index is 13.0. The van der Waals surface area contributed by atoms with Gasteiger partial charge in [0, 0.05) is 19.3 Å². The number of nitrogens with one attached hydrogen (secondary N) is 1. The summed E-state index contributed by atoms with van der Waals surface area (Å²) in [6.07, 6.45) is 1.78. The van der Waals surface area contributed by atoms with Crippen molar-refractivity contribution in [2.24, 2.45) is 0 Å². The van der Waals surface area contributed by atoms with Crippen molar-refractivity contribution in [2.45, 2.75) is 26.0 Å². The summed E-state index contributed by atoms with van der Waals surface area (Å²) >= 11 is 0. The number of likely N-dealkylation sites (N-methyl/N-ethyl adjacent to an activating group) is 1. The lowest BCUT2D eigenvalue weighted by Crippen LogP contribution is -2.59. The molecule has 2 aromatic carbocycles. The number of rotatable bonds is 4. The number of nitrogens with zero attached hydrogens (tertiary/aromatic N) is 3. The Bertz CT molecular complexity index is 1080. The van der Waals surface area contributed by atoms with Crippen molar-refractivity contribution in [2.75, 3.05) is 17.3 Å². The number of aromatic nitrogens is 2. The van der Waals surface area contributed by atoms with Crippen molar-refractivity contribution in [3.63, 3.8) is 0 Å². The Balaban J connectivity index is 1.52. The number of carbonyl (C=O) groups is 2. The van der Waals surface area contributed by atoms with Crippen LogP contribution < -0.4 is 15.0 Å². The minimum absolute atomic E-state index is 0.362. The largest absolute Gasteiger partial charge is 0.465 e. The minimum atomic E-state index is -1.68. The van der Waals surface area contributed by atoms with E-state index in [1.54, 1.807) is 30.1 Å². The fourth-order valence-electron chi connectivity index (χ4n) is 3.33. The molecule has 0 saturated carbocycles. The summed E-state index contributed by atoms with van der Waals surface area (Å²) in [5, 5.41) is 7.08. The Hall–Kier alpha value is -3.61. The molecule has 7 heteroatoms. The van der Waals surface area contributed by atoms with Gasteiger partial charge in [-0.05, 0) is 37.1 Å². The molecular formula is C22H22N4O3. The molecule has 148 valence electrons. The molecule has 29 heavy (non-hydrogen) atoms. The maximum absolute atomic E-state index is 13.0. The van der Waals surface area contributed by atoms with Gasteiger partial charge >= 0.3 is 0 Å². The molecule has 7 nitrogen and oxygen atoms in total. The van der Waals surface area contributed by atoms with Crippen molar-refractivity contribution in [1.29, 1.82) is 0 Å². The van der Waals surface area contributed by atoms with Crippen LogP contribution in [-0.2, 0) is 16.1 Å². The monoisotopic (exact) mass is 390 g/mol. The van der Waals surface area contributed by atoms with Gasteiger partial charge in [0.25, 0.3) is 17.4 Å². The van der Waals surface area contributed by atoms with Gasteiger partial charge in [-0.25, -0.2) is 0 Å². The zero-order valence-electron chi connectivity index (χ0n) is 16.5. The second-order valence-corrected chi connectivity index (χ2v) is 7.31. The molecule has 4 rings (SSSR count). The first-order valence-corrected chi connectivity index (χ1v) is 9.33. The quantitative estimate of drug-likeness (QED) is 0.695. The van der Waals surface area contributed by atoms with Crippen LogP contribution in [0.5, 0.6) is 5.75 Å². The third-order valence-corrected chi connectivity index (χ3v) is 5.01. The van der Waals surface area contributed by atoms with Gasteiger partial charge in [0.1, 0.15) is 5.75 Å². The predicted molar refractivity (Wildman–Crippen MR) is 110 cm³/mol. The number of fused-ring (bicyclic) bond motifs is 1. The van der Waals surface area contributed by atoms with E-state index in [-0.39, 0.29) is 0 Å². The summed E-state index contributed by atoms with van der Waals surface area (Å²) in [4.78, 5) is 27.3. The van der Waals surface area contributed by atoms with Crippen LogP contribution in [0.1, 0.15) is 18.1 Å². The first-order chi connectivity index (χ1) is 13.9. The average molecular weight is 390 g/mol. The Kier molecular flexibility index (Phi) is 4.58. The number of anilines is 2. The number of hydrogen-bond donors (Lipinski definition) is 1. The van der Waals surface area contributed by atoms with Crippen LogP contribution in [0, 0.1) is 6.92 Å². The van der Waals surface area contributed by atoms with Gasteiger partial charge in [0.2, 0.25) is 0 Å². The highest BCUT2D eigenvalue weighted by Crippen LogP contribution is 2.38. The van der Waals surface area contributed by atoms with Gasteiger partial charge < -0.3 is 15.0 Å². The molecule has 3 aromatic rings. The summed E-state index contributed by atoms with van der Waals surface area (Å²) in [6, 6.07) is 17.1. The van der Waals surface area contributed by atoms with Crippen LogP contribution in [0.15, 0.2) is 60.8 Å². The normalized spacial score (nSPS) is 18.2. The van der Waals surface area contributed by atoms with Crippen molar-refractivity contribution in [1.82, 2.24) is 9.78 Å². The molecule has 1 unspecified atom stereocenters. The highest BCUT2D eigenvalue weighted by atomic mass is 16.5. The van der Waals surface area contributed by atoms with Crippen molar-refractivity contribution < 1.29 is 14.3 Å². The highest BCUT2D eigenvalue weighted by molar-refractivity contribution is 6.19. The van der Waals surface area contributed by atoms with Gasteiger partial charge in [-0.3, -0.25) is 14.3 Å². The number of hydrogen-bond acceptors (Lipinski definition) is 4. The number of benzene rings is 2. The molecule has 2 heterocycles. The van der Waals surface area contributed by atoms with Gasteiger partial charge in [-0.1, -0.05) is 36.4 Å². The topological polar surface area (TPSA) is 76.5 Å². The van der Waals surface area contributed by atoms with Crippen LogP contribution in [0.25, 0.3) is 0 Å². The van der Waals surface area contributed by atoms with E-state index in [0.29, 0.717) is 23.8 Å². The number of aryl methyl sites for hydroxylation is 1. The highest BCUT2D eigenvalue weighted by Gasteiger charge is 2.50. The lowest BCUT2D eigenvalue weighted by molar-refractivity contribution is -0.144. The van der Waals surface area contributed by atoms with Gasteiger partial charge in [-0.15, -0.1) is 0 Å². The van der Waals surface area contributed by atoms with Gasteiger partial charge in [0.15, 0.2) is 5.82 Å². The zero-order chi connectivity index (χ0) is 20.6. The van der Waals surface area contributed by atoms with Crippen LogP contribution in [-0.4, -0.2) is 34.2 Å². The molecule has 1 atom stereocenters. The van der Waals surface area contributed by atoms with E-state index in [1.807, 2.05) is 49.4 Å². The number of carbonyl (C=O) groups excluding carboxylic acids is 2. The fraction of sp³-hybridized carbons (Fsp3) is 0.227. The summed E-state index contributed by atoms with van der Waals surface area (Å²) in [5.74, 6) is -0.145. The Morgan fingerprint density at radius 3 is 2.69 bits per heavy atom. The number of ether oxygens (including phenoxy) is 1. The van der Waals surface area contributed by atoms with E-state index in [1.165, 1.54) is 11.8 Å². The molecular weight excluding hydrogens is 368 g/mol. The standard InChI is InChI=1S/C22H22N4O3/c1-15-9-10-18-17(13-15)25(3)21(28)22(2,29-18)20(27)23-19-11-12-26(24-19)14-16-7-5-4-6-8-16/h4-13H,14H2,1-3H3,(H,23,24,27). The molecule has 2 amide bonds. The molecule has 0 saturated heterocycles. The van der Waals surface area contributed by atoms with Crippen LogP contribution >= 0.6 is 0 Å². The minimum Gasteiger partial charge on any atom is -0.465 e. The Labute approximate surface area is 168 Å². The molecule has 1 aliphatic rings. The Morgan fingerprint density at radius 2 is 1.93 bits per heavy atom. The van der Waals surface area contributed by atoms with Crippen molar-refractivity contribution in [3.05, 3.63) is 71.9 Å². The third-order valence-electron chi connectivity index (χ3n) is 5.01. The van der Waals surface area contributed by atoms with Crippen molar-refractivity contribution >= 4 is 23.3 Å². The predicted octanol–water partition coefficient (Wildman–Crippen LogP) is 2.99. The van der Waals surface area contributed by atoms with E-state index in [4.69, 9.17) is 4.74 Å². The van der Waals surface area contributed by atoms with E-state index in [0.717, 1.165) is 11.1 Å². The lowest BCUT2D eigenvalue weighted by atomic mass is 10.00. The first-order valence-electron chi connectivity index (χ1n) is 9.33. The van der Waals surface area contributed by atoms with E-state index in [2.05, 4.69) is 10.4 Å². The molecule has 0 radical (unpaired) electrons. The second-order valence-electron chi connectivity index (χ2n) is 7.31. The zero-order valence-corrected chi connectivity index (χ0v) is 16.5. The molecule has 1 N–H and O–H groups in total. The second kappa shape index (κ2) is 7.09. The molecule has 0 aliphatic carbocycles. The molecule has 1 aliphatic heterocycles. The molecule has 0 spiro atoms. The summed E-state index contributed by atoms with van der Waals surface area (Å²) < 4.78 is 7.58. The Morgan fingerprint density at radius 1 is 1.17 bits per heavy atom. The van der Waals surface area contributed by atoms with E-state index >= 15 is 0 Å². The van der Waals surface area contributed by atoms with Crippen LogP contribution in [0.2, 0.25) is 0 Å². The number of amides is 2. The molecule has 0 fully saturated rings. The summed E-state index contributed by atoms with van der Waals surface area (Å²) in [5.41, 5.74) is 1.07. The third kappa shape index (κ3) is 3.47. The maximum Gasteiger partial charge on any atom is 0.280 e. The van der Waals surface area contributed by atoms with Gasteiger partial charge in [-0.2, -0.15) is 5.10 Å². The summed E-state index contributed by atoms with van der Waals surface area (Å²) in [7, 11) is 1.64. The molecule has 1 aromatic heterocycles. The van der Waals surface area contributed by atoms with Crippen LogP contribution in [0.4, 0.5) is 11.5 Å². The fourth-order valence-corrected chi connectivity index (χ4v) is 3.33. The van der Waals surface area contributed by atoms with Gasteiger partial charge in [0.05, 0.1) is 12.2 Å². The average Bonchev–Trinajstić information content (AvgIpc) is 3.14. The van der Waals surface area contributed by atoms with E-state index in [9.17, 15) is 9.59 Å². The van der Waals surface area contributed by atoms with Crippen LogP contribution in [0.3, 0.4) is 0 Å². The van der Waals surface area contributed by atoms with Crippen molar-refractivity contribution in [3.8, 4) is 5.75 Å². The lowest BCUT2D eigenvalue weighted by Gasteiger charge is -2.37. The van der Waals surface area contributed by atoms with E-state index < -0.39 is 17.4 Å². The summed E-state index contributed by atoms with van der Waals surface area (Å²) in [6.45, 7) is 3.99.